The largest absolute Gasteiger partial charge is 0.491 e. The predicted octanol–water partition coefficient (Wildman–Crippen LogP) is 1.19. The van der Waals surface area contributed by atoms with Gasteiger partial charge in [0.1, 0.15) is 4.60 Å². The van der Waals surface area contributed by atoms with E-state index in [1.54, 1.807) is 12.1 Å². The van der Waals surface area contributed by atoms with Crippen molar-refractivity contribution in [2.75, 3.05) is 0 Å². The highest BCUT2D eigenvalue weighted by Crippen LogP contribution is 2.17. The van der Waals surface area contributed by atoms with Crippen LogP contribution in [0.4, 0.5) is 0 Å². The molecule has 0 saturated carbocycles. The Morgan fingerprint density at radius 3 is 2.25 bits per heavy atom. The zero-order chi connectivity index (χ0) is 11.5. The summed E-state index contributed by atoms with van der Waals surface area (Å²) in [7, 11) is -1.51. The van der Waals surface area contributed by atoms with Crippen molar-refractivity contribution in [3.63, 3.8) is 0 Å². The lowest BCUT2D eigenvalue weighted by atomic mass is 9.81. The van der Waals surface area contributed by atoms with Gasteiger partial charge in [-0.05, 0) is 22.0 Å². The Labute approximate surface area is 102 Å². The summed E-state index contributed by atoms with van der Waals surface area (Å²) in [4.78, 5) is 4.26. The molecule has 2 N–H and O–H groups in total. The van der Waals surface area contributed by atoms with Gasteiger partial charge >= 0.3 is 7.12 Å². The number of pyridine rings is 1. The maximum absolute atomic E-state index is 9.05. The van der Waals surface area contributed by atoms with Crippen LogP contribution in [0.2, 0.25) is 0 Å². The van der Waals surface area contributed by atoms with Crippen molar-refractivity contribution in [3.8, 4) is 11.3 Å². The van der Waals surface area contributed by atoms with Crippen molar-refractivity contribution < 1.29 is 10.0 Å². The molecule has 16 heavy (non-hydrogen) atoms. The molecule has 0 amide bonds. The minimum absolute atomic E-state index is 0.361. The molecule has 5 heteroatoms. The molecule has 0 aliphatic rings. The molecule has 0 fully saturated rings. The van der Waals surface area contributed by atoms with Crippen LogP contribution in [0.5, 0.6) is 0 Å². The van der Waals surface area contributed by atoms with Gasteiger partial charge in [0, 0.05) is 11.0 Å². The molecule has 0 radical (unpaired) electrons. The molecular formula is C11H9BBrNO2. The number of hydrogen-bond acceptors (Lipinski definition) is 3. The van der Waals surface area contributed by atoms with Crippen molar-refractivity contribution in [2.45, 2.75) is 0 Å². The van der Waals surface area contributed by atoms with Crippen LogP contribution < -0.4 is 5.46 Å². The standard InChI is InChI=1S/C11H9BBrNO2/c13-11-9(12(15)16)6-7-10(14-11)8-4-2-1-3-5-8/h1-7,15-16H. The summed E-state index contributed by atoms with van der Waals surface area (Å²) in [5.74, 6) is 0. The summed E-state index contributed by atoms with van der Waals surface area (Å²) in [6.45, 7) is 0. The molecule has 0 atom stereocenters. The van der Waals surface area contributed by atoms with Crippen LogP contribution in [-0.4, -0.2) is 22.2 Å². The predicted molar refractivity (Wildman–Crippen MR) is 67.2 cm³/mol. The van der Waals surface area contributed by atoms with Gasteiger partial charge in [0.25, 0.3) is 0 Å². The van der Waals surface area contributed by atoms with E-state index >= 15 is 0 Å². The van der Waals surface area contributed by atoms with E-state index in [4.69, 9.17) is 10.0 Å². The minimum atomic E-state index is -1.51. The fourth-order valence-corrected chi connectivity index (χ4v) is 1.94. The highest BCUT2D eigenvalue weighted by atomic mass is 79.9. The first kappa shape index (κ1) is 11.3. The molecule has 1 heterocycles. The highest BCUT2D eigenvalue weighted by molar-refractivity contribution is 9.10. The Kier molecular flexibility index (Phi) is 3.38. The molecule has 0 aliphatic heterocycles. The van der Waals surface area contributed by atoms with Gasteiger partial charge in [0.05, 0.1) is 5.69 Å². The first-order valence-electron chi connectivity index (χ1n) is 4.76. The summed E-state index contributed by atoms with van der Waals surface area (Å²) in [5, 5.41) is 18.1. The van der Waals surface area contributed by atoms with Crippen molar-refractivity contribution in [3.05, 3.63) is 47.1 Å². The summed E-state index contributed by atoms with van der Waals surface area (Å²) >= 11 is 3.21. The molecule has 80 valence electrons. The van der Waals surface area contributed by atoms with Gasteiger partial charge in [-0.2, -0.15) is 0 Å². The monoisotopic (exact) mass is 277 g/mol. The molecule has 0 saturated heterocycles. The van der Waals surface area contributed by atoms with E-state index in [0.717, 1.165) is 11.3 Å². The molecule has 0 spiro atoms. The second-order valence-corrected chi connectivity index (χ2v) is 4.07. The summed E-state index contributed by atoms with van der Waals surface area (Å²) in [6, 6.07) is 13.1. The van der Waals surface area contributed by atoms with Crippen LogP contribution in [-0.2, 0) is 0 Å². The van der Waals surface area contributed by atoms with Crippen LogP contribution in [0.3, 0.4) is 0 Å². The molecule has 0 unspecified atom stereocenters. The van der Waals surface area contributed by atoms with E-state index in [0.29, 0.717) is 10.1 Å². The second kappa shape index (κ2) is 4.78. The van der Waals surface area contributed by atoms with Gasteiger partial charge < -0.3 is 10.0 Å². The lowest BCUT2D eigenvalue weighted by Gasteiger charge is -2.05. The molecule has 1 aromatic heterocycles. The quantitative estimate of drug-likeness (QED) is 0.641. The van der Waals surface area contributed by atoms with Gasteiger partial charge in [0.2, 0.25) is 0 Å². The Hall–Kier alpha value is -1.17. The first-order valence-corrected chi connectivity index (χ1v) is 5.56. The zero-order valence-corrected chi connectivity index (χ0v) is 9.92. The maximum Gasteiger partial charge on any atom is 0.491 e. The average Bonchev–Trinajstić information content (AvgIpc) is 2.29. The SMILES string of the molecule is OB(O)c1ccc(-c2ccccc2)nc1Br. The van der Waals surface area contributed by atoms with Gasteiger partial charge in [0.15, 0.2) is 0 Å². The van der Waals surface area contributed by atoms with E-state index in [9.17, 15) is 0 Å². The van der Waals surface area contributed by atoms with Crippen LogP contribution in [0.15, 0.2) is 47.1 Å². The van der Waals surface area contributed by atoms with Crippen LogP contribution in [0.1, 0.15) is 0 Å². The van der Waals surface area contributed by atoms with E-state index < -0.39 is 7.12 Å². The third-order valence-electron chi connectivity index (χ3n) is 2.23. The average molecular weight is 278 g/mol. The normalized spacial score (nSPS) is 10.2. The number of aromatic nitrogens is 1. The van der Waals surface area contributed by atoms with Crippen molar-refractivity contribution in [1.82, 2.24) is 4.98 Å². The summed E-state index contributed by atoms with van der Waals surface area (Å²) in [5.41, 5.74) is 2.14. The summed E-state index contributed by atoms with van der Waals surface area (Å²) < 4.78 is 0.448. The van der Waals surface area contributed by atoms with E-state index in [1.807, 2.05) is 30.3 Å². The fraction of sp³-hybridized carbons (Fsp3) is 0. The molecule has 0 bridgehead atoms. The number of halogens is 1. The van der Waals surface area contributed by atoms with Gasteiger partial charge in [-0.15, -0.1) is 0 Å². The van der Waals surface area contributed by atoms with Gasteiger partial charge in [-0.25, -0.2) is 4.98 Å². The smallest absolute Gasteiger partial charge is 0.423 e. The molecule has 2 rings (SSSR count). The third-order valence-corrected chi connectivity index (χ3v) is 2.86. The Balaban J connectivity index is 2.43. The Morgan fingerprint density at radius 2 is 1.69 bits per heavy atom. The molecular weight excluding hydrogens is 269 g/mol. The number of benzene rings is 1. The molecule has 2 aromatic rings. The van der Waals surface area contributed by atoms with Crippen LogP contribution >= 0.6 is 15.9 Å². The van der Waals surface area contributed by atoms with Crippen LogP contribution in [0.25, 0.3) is 11.3 Å². The third kappa shape index (κ3) is 2.32. The number of hydrogen-bond donors (Lipinski definition) is 2. The lowest BCUT2D eigenvalue weighted by molar-refractivity contribution is 0.425. The lowest BCUT2D eigenvalue weighted by Crippen LogP contribution is -2.31. The van der Waals surface area contributed by atoms with E-state index in [2.05, 4.69) is 20.9 Å². The summed E-state index contributed by atoms with van der Waals surface area (Å²) in [6.07, 6.45) is 0. The molecule has 1 aromatic carbocycles. The van der Waals surface area contributed by atoms with Gasteiger partial charge in [-0.1, -0.05) is 36.4 Å². The Bertz CT molecular complexity index is 491. The number of nitrogens with zero attached hydrogens (tertiary/aromatic N) is 1. The first-order chi connectivity index (χ1) is 7.68. The number of rotatable bonds is 2. The topological polar surface area (TPSA) is 53.4 Å². The van der Waals surface area contributed by atoms with Crippen molar-refractivity contribution >= 4 is 28.5 Å². The van der Waals surface area contributed by atoms with E-state index in [1.165, 1.54) is 0 Å². The second-order valence-electron chi connectivity index (χ2n) is 3.32. The van der Waals surface area contributed by atoms with Crippen LogP contribution in [0, 0.1) is 0 Å². The zero-order valence-electron chi connectivity index (χ0n) is 8.34. The minimum Gasteiger partial charge on any atom is -0.423 e. The fourth-order valence-electron chi connectivity index (χ4n) is 1.41. The maximum atomic E-state index is 9.05. The molecule has 3 nitrogen and oxygen atoms in total. The molecule has 0 aliphatic carbocycles. The van der Waals surface area contributed by atoms with Crippen molar-refractivity contribution in [1.29, 1.82) is 0 Å². The van der Waals surface area contributed by atoms with Gasteiger partial charge in [-0.3, -0.25) is 0 Å². The Morgan fingerprint density at radius 1 is 1.00 bits per heavy atom. The highest BCUT2D eigenvalue weighted by Gasteiger charge is 2.16. The van der Waals surface area contributed by atoms with E-state index in [-0.39, 0.29) is 0 Å². The van der Waals surface area contributed by atoms with Crippen molar-refractivity contribution in [2.24, 2.45) is 0 Å².